The van der Waals surface area contributed by atoms with Crippen LogP contribution in [0.15, 0.2) is 0 Å². The van der Waals surface area contributed by atoms with Crippen molar-refractivity contribution < 1.29 is 0 Å². The first kappa shape index (κ1) is 11.1. The van der Waals surface area contributed by atoms with Crippen LogP contribution in [-0.2, 0) is 0 Å². The van der Waals surface area contributed by atoms with Crippen molar-refractivity contribution in [1.82, 2.24) is 9.34 Å². The smallest absolute Gasteiger partial charge is 0.0681 e. The lowest BCUT2D eigenvalue weighted by Crippen LogP contribution is -2.33. The molecule has 0 amide bonds. The number of piperidine rings is 2. The summed E-state index contributed by atoms with van der Waals surface area (Å²) in [5, 5.41) is 0. The molecule has 1 radical (unpaired) electrons. The Kier molecular flexibility index (Phi) is 4.49. The van der Waals surface area contributed by atoms with Gasteiger partial charge < -0.3 is 0 Å². The third-order valence-corrected chi connectivity index (χ3v) is 6.61. The third-order valence-electron chi connectivity index (χ3n) is 3.23. The van der Waals surface area contributed by atoms with Crippen molar-refractivity contribution in [3.8, 4) is 0 Å². The van der Waals surface area contributed by atoms with Crippen molar-refractivity contribution in [2.75, 3.05) is 26.2 Å². The van der Waals surface area contributed by atoms with Crippen LogP contribution in [0.1, 0.15) is 38.5 Å². The average Bonchev–Trinajstić information content (AvgIpc) is 2.30. The molecule has 14 heavy (non-hydrogen) atoms. The monoisotopic (exact) mass is 235 g/mol. The van der Waals surface area contributed by atoms with Crippen molar-refractivity contribution in [3.63, 3.8) is 0 Å². The number of rotatable bonds is 2. The predicted octanol–water partition coefficient (Wildman–Crippen LogP) is 3.16. The van der Waals surface area contributed by atoms with E-state index in [9.17, 15) is 0 Å². The molecular formula is C10H21ClN2P. The SMILES string of the molecule is Cl[PH](N1CCCCC1)N1CCCCC1. The van der Waals surface area contributed by atoms with Crippen LogP contribution in [0, 0.1) is 0 Å². The van der Waals surface area contributed by atoms with Gasteiger partial charge in [-0.25, -0.2) is 0 Å². The highest BCUT2D eigenvalue weighted by molar-refractivity contribution is 7.80. The van der Waals surface area contributed by atoms with E-state index in [0.717, 1.165) is 0 Å². The van der Waals surface area contributed by atoms with Gasteiger partial charge in [0.2, 0.25) is 0 Å². The van der Waals surface area contributed by atoms with Crippen molar-refractivity contribution >= 4 is 18.8 Å². The van der Waals surface area contributed by atoms with Crippen molar-refractivity contribution in [2.45, 2.75) is 38.5 Å². The molecule has 0 spiro atoms. The Hall–Kier alpha value is 0.640. The Morgan fingerprint density at radius 2 is 1.00 bits per heavy atom. The Morgan fingerprint density at radius 3 is 1.36 bits per heavy atom. The third kappa shape index (κ3) is 2.82. The molecule has 0 aromatic heterocycles. The molecular weight excluding hydrogens is 215 g/mol. The summed E-state index contributed by atoms with van der Waals surface area (Å²) in [4.78, 5) is 0. The maximum Gasteiger partial charge on any atom is 0.0681 e. The van der Waals surface area contributed by atoms with Gasteiger partial charge in [-0.2, -0.15) is 0 Å². The van der Waals surface area contributed by atoms with E-state index in [-0.39, 0.29) is 0 Å². The Morgan fingerprint density at radius 1 is 0.643 bits per heavy atom. The summed E-state index contributed by atoms with van der Waals surface area (Å²) >= 11 is 6.59. The quantitative estimate of drug-likeness (QED) is 0.679. The highest BCUT2D eigenvalue weighted by Crippen LogP contribution is 2.51. The van der Waals surface area contributed by atoms with E-state index in [1.165, 1.54) is 64.7 Å². The van der Waals surface area contributed by atoms with Crippen LogP contribution < -0.4 is 0 Å². The molecule has 2 saturated heterocycles. The fourth-order valence-electron chi connectivity index (χ4n) is 2.36. The normalized spacial score (nSPS) is 27.0. The van der Waals surface area contributed by atoms with Crippen LogP contribution in [-0.4, -0.2) is 35.5 Å². The van der Waals surface area contributed by atoms with Crippen LogP contribution in [0.2, 0.25) is 0 Å². The lowest BCUT2D eigenvalue weighted by Gasteiger charge is -2.40. The van der Waals surface area contributed by atoms with Crippen LogP contribution in [0.25, 0.3) is 0 Å². The lowest BCUT2D eigenvalue weighted by atomic mass is 10.2. The van der Waals surface area contributed by atoms with E-state index in [0.29, 0.717) is 0 Å². The van der Waals surface area contributed by atoms with Gasteiger partial charge in [-0.1, -0.05) is 24.1 Å². The fourth-order valence-corrected chi connectivity index (χ4v) is 5.14. The maximum absolute atomic E-state index is 6.59. The topological polar surface area (TPSA) is 6.48 Å². The molecule has 2 rings (SSSR count). The summed E-state index contributed by atoms with van der Waals surface area (Å²) in [6.07, 6.45) is 8.23. The second-order valence-corrected chi connectivity index (χ2v) is 7.18. The van der Waals surface area contributed by atoms with Crippen molar-refractivity contribution in [3.05, 3.63) is 0 Å². The van der Waals surface area contributed by atoms with E-state index < -0.39 is 7.58 Å². The molecule has 83 valence electrons. The second kappa shape index (κ2) is 5.65. The zero-order valence-electron chi connectivity index (χ0n) is 8.84. The van der Waals surface area contributed by atoms with E-state index >= 15 is 0 Å². The molecule has 2 heterocycles. The largest absolute Gasteiger partial charge is 0.265 e. The van der Waals surface area contributed by atoms with Crippen LogP contribution >= 0.6 is 18.8 Å². The zero-order valence-corrected chi connectivity index (χ0v) is 10.6. The van der Waals surface area contributed by atoms with Gasteiger partial charge in [-0.15, -0.1) is 0 Å². The van der Waals surface area contributed by atoms with E-state index in [4.69, 9.17) is 11.2 Å². The lowest BCUT2D eigenvalue weighted by molar-refractivity contribution is 0.317. The minimum atomic E-state index is -0.852. The van der Waals surface area contributed by atoms with Gasteiger partial charge in [0.05, 0.1) is 7.58 Å². The summed E-state index contributed by atoms with van der Waals surface area (Å²) < 4.78 is 5.09. The molecule has 0 bridgehead atoms. The first-order valence-electron chi connectivity index (χ1n) is 5.90. The van der Waals surface area contributed by atoms with Crippen LogP contribution in [0.4, 0.5) is 0 Å². The number of hydrogen-bond acceptors (Lipinski definition) is 2. The molecule has 0 aromatic rings. The maximum atomic E-state index is 6.59. The summed E-state index contributed by atoms with van der Waals surface area (Å²) in [6.45, 7) is 4.98. The van der Waals surface area contributed by atoms with Gasteiger partial charge >= 0.3 is 0 Å². The summed E-state index contributed by atoms with van der Waals surface area (Å²) in [6, 6.07) is 0. The van der Waals surface area contributed by atoms with Gasteiger partial charge in [-0.3, -0.25) is 9.34 Å². The standard InChI is InChI=1S/C10H21ClN2P/c11-14(12-7-3-1-4-8-12)13-9-5-2-6-10-13/h14H,1-10H2. The van der Waals surface area contributed by atoms with E-state index in [2.05, 4.69) is 9.34 Å². The number of nitrogens with zero attached hydrogens (tertiary/aromatic N) is 2. The molecule has 0 unspecified atom stereocenters. The molecule has 4 heteroatoms. The summed E-state index contributed by atoms with van der Waals surface area (Å²) in [5.41, 5.74) is 0. The molecule has 2 fully saturated rings. The van der Waals surface area contributed by atoms with Crippen LogP contribution in [0.5, 0.6) is 0 Å². The van der Waals surface area contributed by atoms with E-state index in [1.54, 1.807) is 0 Å². The Bertz CT molecular complexity index is 150. The molecule has 0 aromatic carbocycles. The van der Waals surface area contributed by atoms with Crippen molar-refractivity contribution in [1.29, 1.82) is 0 Å². The van der Waals surface area contributed by atoms with Gasteiger partial charge in [0.25, 0.3) is 0 Å². The summed E-state index contributed by atoms with van der Waals surface area (Å²) in [7, 11) is -0.852. The van der Waals surface area contributed by atoms with Gasteiger partial charge in [0.15, 0.2) is 0 Å². The average molecular weight is 236 g/mol. The van der Waals surface area contributed by atoms with Gasteiger partial charge in [-0.05, 0) is 25.7 Å². The predicted molar refractivity (Wildman–Crippen MR) is 65.0 cm³/mol. The molecule has 2 aliphatic rings. The van der Waals surface area contributed by atoms with E-state index in [1.807, 2.05) is 0 Å². The van der Waals surface area contributed by atoms with Gasteiger partial charge in [0, 0.05) is 26.2 Å². The zero-order chi connectivity index (χ0) is 9.80. The molecule has 2 nitrogen and oxygen atoms in total. The molecule has 2 aliphatic heterocycles. The molecule has 0 saturated carbocycles. The van der Waals surface area contributed by atoms with Gasteiger partial charge in [0.1, 0.15) is 0 Å². The molecule has 0 aliphatic carbocycles. The Labute approximate surface area is 93.2 Å². The fraction of sp³-hybridized carbons (Fsp3) is 1.00. The molecule has 0 N–H and O–H groups in total. The number of halogens is 1. The Balaban J connectivity index is 1.82. The highest BCUT2D eigenvalue weighted by Gasteiger charge is 2.24. The molecule has 0 atom stereocenters. The minimum Gasteiger partial charge on any atom is -0.265 e. The van der Waals surface area contributed by atoms with Crippen molar-refractivity contribution in [2.24, 2.45) is 0 Å². The number of hydrogen-bond donors (Lipinski definition) is 0. The first-order valence-corrected chi connectivity index (χ1v) is 8.31. The second-order valence-electron chi connectivity index (χ2n) is 4.36. The summed E-state index contributed by atoms with van der Waals surface area (Å²) in [5.74, 6) is 0. The first-order chi connectivity index (χ1) is 6.88. The highest BCUT2D eigenvalue weighted by atomic mass is 35.7. The minimum absolute atomic E-state index is 0.852. The van der Waals surface area contributed by atoms with Crippen LogP contribution in [0.3, 0.4) is 0 Å².